The Bertz CT molecular complexity index is 283. The molecule has 0 bridgehead atoms. The molecule has 0 spiro atoms. The van der Waals surface area contributed by atoms with E-state index in [-0.39, 0.29) is 6.10 Å². The Kier molecular flexibility index (Phi) is 3.18. The predicted molar refractivity (Wildman–Crippen MR) is 68.2 cm³/mol. The number of rotatable bonds is 1. The van der Waals surface area contributed by atoms with Crippen molar-refractivity contribution in [2.75, 3.05) is 0 Å². The summed E-state index contributed by atoms with van der Waals surface area (Å²) in [5, 5.41) is 10.6. The Morgan fingerprint density at radius 3 is 2.62 bits per heavy atom. The van der Waals surface area contributed by atoms with E-state index >= 15 is 0 Å². The maximum Gasteiger partial charge on any atom is 0.0641 e. The van der Waals surface area contributed by atoms with Gasteiger partial charge >= 0.3 is 0 Å². The summed E-state index contributed by atoms with van der Waals surface area (Å²) in [5.74, 6) is 1.52. The second-order valence-corrected chi connectivity index (χ2v) is 6.53. The van der Waals surface area contributed by atoms with Gasteiger partial charge in [0.1, 0.15) is 0 Å². The van der Waals surface area contributed by atoms with Crippen molar-refractivity contribution in [2.45, 2.75) is 59.0 Å². The lowest BCUT2D eigenvalue weighted by atomic mass is 9.53. The third-order valence-corrected chi connectivity index (χ3v) is 5.26. The van der Waals surface area contributed by atoms with Gasteiger partial charge in [-0.3, -0.25) is 0 Å². The van der Waals surface area contributed by atoms with Crippen molar-refractivity contribution in [3.63, 3.8) is 0 Å². The average molecular weight is 222 g/mol. The number of aliphatic hydroxyl groups excluding tert-OH is 1. The molecule has 0 aromatic heterocycles. The Hall–Kier alpha value is -0.300. The van der Waals surface area contributed by atoms with Crippen LogP contribution >= 0.6 is 0 Å². The minimum Gasteiger partial charge on any atom is -0.392 e. The van der Waals surface area contributed by atoms with Gasteiger partial charge in [-0.15, -0.1) is 0 Å². The van der Waals surface area contributed by atoms with Crippen LogP contribution in [0, 0.1) is 23.2 Å². The van der Waals surface area contributed by atoms with Gasteiger partial charge in [-0.05, 0) is 43.4 Å². The number of aliphatic hydroxyl groups is 1. The Labute approximate surface area is 99.9 Å². The van der Waals surface area contributed by atoms with Crippen LogP contribution in [0.2, 0.25) is 0 Å². The zero-order chi connectivity index (χ0) is 11.9. The quantitative estimate of drug-likeness (QED) is 0.669. The van der Waals surface area contributed by atoms with E-state index in [4.69, 9.17) is 0 Å². The molecule has 1 nitrogen and oxygen atoms in total. The number of hydrogen-bond donors (Lipinski definition) is 1. The van der Waals surface area contributed by atoms with Crippen LogP contribution in [0.5, 0.6) is 0 Å². The van der Waals surface area contributed by atoms with Crippen LogP contribution in [-0.2, 0) is 0 Å². The Balaban J connectivity index is 2.23. The van der Waals surface area contributed by atoms with E-state index in [0.717, 1.165) is 6.42 Å². The molecule has 0 unspecified atom stereocenters. The van der Waals surface area contributed by atoms with Crippen molar-refractivity contribution in [1.82, 2.24) is 0 Å². The Morgan fingerprint density at radius 1 is 1.31 bits per heavy atom. The first-order chi connectivity index (χ1) is 7.46. The van der Waals surface area contributed by atoms with Crippen LogP contribution in [0.25, 0.3) is 0 Å². The van der Waals surface area contributed by atoms with Crippen LogP contribution in [-0.4, -0.2) is 11.2 Å². The molecule has 2 aliphatic rings. The molecule has 2 saturated carbocycles. The van der Waals surface area contributed by atoms with Gasteiger partial charge in [-0.2, -0.15) is 0 Å². The number of hydrogen-bond acceptors (Lipinski definition) is 1. The first-order valence-electron chi connectivity index (χ1n) is 6.79. The van der Waals surface area contributed by atoms with Crippen LogP contribution < -0.4 is 0 Å². The molecule has 2 aliphatic carbocycles. The van der Waals surface area contributed by atoms with Crippen molar-refractivity contribution >= 4 is 0 Å². The monoisotopic (exact) mass is 222 g/mol. The average Bonchev–Trinajstić information content (AvgIpc) is 2.16. The van der Waals surface area contributed by atoms with E-state index in [0.29, 0.717) is 23.2 Å². The molecule has 1 N–H and O–H groups in total. The van der Waals surface area contributed by atoms with Crippen LogP contribution in [0.15, 0.2) is 12.2 Å². The second kappa shape index (κ2) is 4.18. The van der Waals surface area contributed by atoms with Gasteiger partial charge in [0.25, 0.3) is 0 Å². The van der Waals surface area contributed by atoms with Gasteiger partial charge in [0.15, 0.2) is 0 Å². The lowest BCUT2D eigenvalue weighted by Crippen LogP contribution is -2.50. The highest BCUT2D eigenvalue weighted by Crippen LogP contribution is 2.54. The molecule has 0 aliphatic heterocycles. The smallest absolute Gasteiger partial charge is 0.0641 e. The van der Waals surface area contributed by atoms with E-state index in [1.165, 1.54) is 31.3 Å². The van der Waals surface area contributed by atoms with Crippen molar-refractivity contribution in [3.8, 4) is 0 Å². The fourth-order valence-electron chi connectivity index (χ4n) is 4.35. The molecule has 16 heavy (non-hydrogen) atoms. The molecule has 2 fully saturated rings. The molecular formula is C15H26O. The van der Waals surface area contributed by atoms with Crippen LogP contribution in [0.1, 0.15) is 52.9 Å². The van der Waals surface area contributed by atoms with E-state index < -0.39 is 0 Å². The normalized spacial score (nSPS) is 48.5. The molecule has 0 heterocycles. The lowest BCUT2D eigenvalue weighted by molar-refractivity contribution is -0.0934. The zero-order valence-corrected chi connectivity index (χ0v) is 11.0. The summed E-state index contributed by atoms with van der Waals surface area (Å²) < 4.78 is 0. The zero-order valence-electron chi connectivity index (χ0n) is 11.0. The third kappa shape index (κ3) is 1.84. The standard InChI is InChI=1S/C15H26O/c1-10(2)12-7-9-15(4)8-5-6-11(3)13(15)14(12)16/h11-14,16H,1,5-9H2,2-4H3/t11-,12+,13+,14-,15+/m1/s1. The van der Waals surface area contributed by atoms with Gasteiger partial charge in [0.2, 0.25) is 0 Å². The summed E-state index contributed by atoms with van der Waals surface area (Å²) in [6.45, 7) is 10.8. The minimum atomic E-state index is -0.147. The van der Waals surface area contributed by atoms with Crippen LogP contribution in [0.4, 0.5) is 0 Å². The van der Waals surface area contributed by atoms with Gasteiger partial charge in [-0.1, -0.05) is 38.8 Å². The highest BCUT2D eigenvalue weighted by atomic mass is 16.3. The molecule has 5 atom stereocenters. The SMILES string of the molecule is C=C(C)[C@@H]1CC[C@]2(C)CCC[C@@H](C)[C@H]2[C@@H]1O. The maximum atomic E-state index is 10.6. The van der Waals surface area contributed by atoms with Gasteiger partial charge in [-0.25, -0.2) is 0 Å². The summed E-state index contributed by atoms with van der Waals surface area (Å²) in [5.41, 5.74) is 1.57. The molecule has 0 amide bonds. The molecule has 0 radical (unpaired) electrons. The fourth-order valence-corrected chi connectivity index (χ4v) is 4.35. The summed E-state index contributed by atoms with van der Waals surface area (Å²) >= 11 is 0. The van der Waals surface area contributed by atoms with Gasteiger partial charge in [0.05, 0.1) is 6.10 Å². The summed E-state index contributed by atoms with van der Waals surface area (Å²) in [6.07, 6.45) is 6.21. The van der Waals surface area contributed by atoms with E-state index in [9.17, 15) is 5.11 Å². The highest BCUT2D eigenvalue weighted by Gasteiger charge is 2.49. The van der Waals surface area contributed by atoms with Crippen molar-refractivity contribution in [1.29, 1.82) is 0 Å². The third-order valence-electron chi connectivity index (χ3n) is 5.26. The molecule has 0 aromatic carbocycles. The summed E-state index contributed by atoms with van der Waals surface area (Å²) in [7, 11) is 0. The molecule has 92 valence electrons. The van der Waals surface area contributed by atoms with Gasteiger partial charge in [0, 0.05) is 5.92 Å². The van der Waals surface area contributed by atoms with Gasteiger partial charge < -0.3 is 5.11 Å². The fraction of sp³-hybridized carbons (Fsp3) is 0.867. The van der Waals surface area contributed by atoms with Crippen molar-refractivity contribution < 1.29 is 5.11 Å². The maximum absolute atomic E-state index is 10.6. The minimum absolute atomic E-state index is 0.147. The van der Waals surface area contributed by atoms with Crippen LogP contribution in [0.3, 0.4) is 0 Å². The van der Waals surface area contributed by atoms with Crippen molar-refractivity contribution in [3.05, 3.63) is 12.2 Å². The van der Waals surface area contributed by atoms with Crippen molar-refractivity contribution in [2.24, 2.45) is 23.2 Å². The summed E-state index contributed by atoms with van der Waals surface area (Å²) in [4.78, 5) is 0. The predicted octanol–water partition coefficient (Wildman–Crippen LogP) is 3.78. The van der Waals surface area contributed by atoms with E-state index in [1.807, 2.05) is 0 Å². The summed E-state index contributed by atoms with van der Waals surface area (Å²) in [6, 6.07) is 0. The molecule has 0 aromatic rings. The Morgan fingerprint density at radius 2 is 2.00 bits per heavy atom. The van der Waals surface area contributed by atoms with E-state index in [2.05, 4.69) is 27.4 Å². The topological polar surface area (TPSA) is 20.2 Å². The highest BCUT2D eigenvalue weighted by molar-refractivity contribution is 5.08. The molecule has 1 heteroatoms. The largest absolute Gasteiger partial charge is 0.392 e. The molecule has 0 saturated heterocycles. The lowest BCUT2D eigenvalue weighted by Gasteiger charge is -2.53. The first-order valence-corrected chi connectivity index (χ1v) is 6.79. The number of fused-ring (bicyclic) bond motifs is 1. The first kappa shape index (κ1) is 12.2. The second-order valence-electron chi connectivity index (χ2n) is 6.53. The van der Waals surface area contributed by atoms with E-state index in [1.54, 1.807) is 0 Å². The molecular weight excluding hydrogens is 196 g/mol. The molecule has 2 rings (SSSR count).